The maximum Gasteiger partial charge on any atom is 0.155 e. The molecule has 0 amide bonds. The van der Waals surface area contributed by atoms with Crippen LogP contribution in [0.4, 0.5) is 0 Å². The van der Waals surface area contributed by atoms with Gasteiger partial charge in [-0.2, -0.15) is 0 Å². The van der Waals surface area contributed by atoms with Crippen LogP contribution in [0.3, 0.4) is 0 Å². The molecular formula is C21H36O2. The van der Waals surface area contributed by atoms with Gasteiger partial charge in [-0.1, -0.05) is 33.3 Å². The molecule has 2 saturated carbocycles. The van der Waals surface area contributed by atoms with Crippen LogP contribution in [-0.2, 0) is 4.79 Å². The number of hydrogen-bond donors (Lipinski definition) is 1. The second kappa shape index (κ2) is 7.51. The molecule has 0 radical (unpaired) electrons. The molecule has 0 aromatic carbocycles. The predicted octanol–water partition coefficient (Wildman–Crippen LogP) is 5.15. The van der Waals surface area contributed by atoms with Crippen molar-refractivity contribution in [2.45, 2.75) is 85.7 Å². The van der Waals surface area contributed by atoms with E-state index < -0.39 is 0 Å². The molecule has 0 saturated heterocycles. The van der Waals surface area contributed by atoms with Gasteiger partial charge in [0.15, 0.2) is 5.78 Å². The smallest absolute Gasteiger partial charge is 0.155 e. The summed E-state index contributed by atoms with van der Waals surface area (Å²) in [6.45, 7) is 10.9. The first-order chi connectivity index (χ1) is 10.9. The summed E-state index contributed by atoms with van der Waals surface area (Å²) in [4.78, 5) is 11.9. The monoisotopic (exact) mass is 320 g/mol. The lowest BCUT2D eigenvalue weighted by atomic mass is 9.53. The van der Waals surface area contributed by atoms with Crippen molar-refractivity contribution in [2.75, 3.05) is 0 Å². The standard InChI is InChI=1S/C21H36O2/c1-6-18(23)13-17-9-8-10-20-15(4)21(7-2,16(5)22)12-11-19(20)14(17)3/h13-16,19-20,22H,6-12H2,1-5H3/b17-13-/t14?,15?,16?,19?,20?,21-/m0/s1. The van der Waals surface area contributed by atoms with E-state index in [9.17, 15) is 9.90 Å². The van der Waals surface area contributed by atoms with Gasteiger partial charge in [0.25, 0.3) is 0 Å². The number of hydrogen-bond acceptors (Lipinski definition) is 2. The Morgan fingerprint density at radius 3 is 2.57 bits per heavy atom. The number of rotatable bonds is 4. The van der Waals surface area contributed by atoms with Gasteiger partial charge in [0.05, 0.1) is 6.10 Å². The molecule has 2 aliphatic rings. The first-order valence-corrected chi connectivity index (χ1v) is 9.78. The Bertz CT molecular complexity index is 451. The van der Waals surface area contributed by atoms with Crippen molar-refractivity contribution < 1.29 is 9.90 Å². The van der Waals surface area contributed by atoms with Gasteiger partial charge in [0.2, 0.25) is 0 Å². The maximum atomic E-state index is 11.9. The molecule has 132 valence electrons. The Morgan fingerprint density at radius 2 is 2.00 bits per heavy atom. The minimum atomic E-state index is -0.223. The van der Waals surface area contributed by atoms with Gasteiger partial charge < -0.3 is 5.11 Å². The third-order valence-corrected chi connectivity index (χ3v) is 7.46. The fourth-order valence-corrected chi connectivity index (χ4v) is 5.70. The van der Waals surface area contributed by atoms with Crippen molar-refractivity contribution in [1.82, 2.24) is 0 Å². The molecule has 6 atom stereocenters. The van der Waals surface area contributed by atoms with Crippen LogP contribution in [-0.4, -0.2) is 17.0 Å². The van der Waals surface area contributed by atoms with Crippen LogP contribution in [0, 0.1) is 29.1 Å². The Hall–Kier alpha value is -0.630. The van der Waals surface area contributed by atoms with E-state index in [1.807, 2.05) is 19.9 Å². The molecule has 0 spiro atoms. The first-order valence-electron chi connectivity index (χ1n) is 9.78. The van der Waals surface area contributed by atoms with Gasteiger partial charge in [0, 0.05) is 6.42 Å². The van der Waals surface area contributed by atoms with Crippen molar-refractivity contribution >= 4 is 5.78 Å². The average molecular weight is 321 g/mol. The molecule has 2 fully saturated rings. The second-order valence-corrected chi connectivity index (χ2v) is 8.14. The molecule has 0 bridgehead atoms. The lowest BCUT2D eigenvalue weighted by molar-refractivity contribution is -0.114. The summed E-state index contributed by atoms with van der Waals surface area (Å²) < 4.78 is 0. The molecule has 23 heavy (non-hydrogen) atoms. The Morgan fingerprint density at radius 1 is 1.30 bits per heavy atom. The molecule has 2 nitrogen and oxygen atoms in total. The van der Waals surface area contributed by atoms with E-state index in [0.29, 0.717) is 30.1 Å². The SMILES string of the molecule is CCC(=O)/C=C1/CCCC2C(CC[C@](CC)(C(C)O)C2C)C1C. The molecular weight excluding hydrogens is 284 g/mol. The zero-order chi connectivity index (χ0) is 17.2. The first kappa shape index (κ1) is 18.7. The fourth-order valence-electron chi connectivity index (χ4n) is 5.70. The third-order valence-electron chi connectivity index (χ3n) is 7.46. The summed E-state index contributed by atoms with van der Waals surface area (Å²) >= 11 is 0. The Kier molecular flexibility index (Phi) is 6.10. The summed E-state index contributed by atoms with van der Waals surface area (Å²) in [5.41, 5.74) is 1.48. The molecule has 0 heterocycles. The molecule has 0 aliphatic heterocycles. The van der Waals surface area contributed by atoms with Crippen LogP contribution >= 0.6 is 0 Å². The zero-order valence-corrected chi connectivity index (χ0v) is 15.8. The molecule has 2 aliphatic carbocycles. The third kappa shape index (κ3) is 3.43. The zero-order valence-electron chi connectivity index (χ0n) is 15.8. The van der Waals surface area contributed by atoms with E-state index in [1.54, 1.807) is 0 Å². The van der Waals surface area contributed by atoms with Crippen molar-refractivity contribution in [1.29, 1.82) is 0 Å². The van der Waals surface area contributed by atoms with E-state index in [-0.39, 0.29) is 17.3 Å². The van der Waals surface area contributed by atoms with Crippen molar-refractivity contribution in [3.8, 4) is 0 Å². The highest BCUT2D eigenvalue weighted by molar-refractivity contribution is 5.90. The lowest BCUT2D eigenvalue weighted by Gasteiger charge is -2.52. The average Bonchev–Trinajstić information content (AvgIpc) is 2.68. The van der Waals surface area contributed by atoms with Gasteiger partial charge in [-0.3, -0.25) is 4.79 Å². The van der Waals surface area contributed by atoms with Crippen molar-refractivity contribution in [3.63, 3.8) is 0 Å². The highest BCUT2D eigenvalue weighted by Crippen LogP contribution is 2.56. The van der Waals surface area contributed by atoms with Crippen LogP contribution in [0.15, 0.2) is 11.6 Å². The van der Waals surface area contributed by atoms with Crippen LogP contribution in [0.5, 0.6) is 0 Å². The van der Waals surface area contributed by atoms with E-state index in [1.165, 1.54) is 24.8 Å². The lowest BCUT2D eigenvalue weighted by Crippen LogP contribution is -2.48. The summed E-state index contributed by atoms with van der Waals surface area (Å²) in [6, 6.07) is 0. The summed E-state index contributed by atoms with van der Waals surface area (Å²) in [5.74, 6) is 2.73. The van der Waals surface area contributed by atoms with Crippen LogP contribution in [0.2, 0.25) is 0 Å². The van der Waals surface area contributed by atoms with Gasteiger partial charge in [0.1, 0.15) is 0 Å². The largest absolute Gasteiger partial charge is 0.393 e. The summed E-state index contributed by atoms with van der Waals surface area (Å²) in [6.07, 6.45) is 9.27. The van der Waals surface area contributed by atoms with E-state index in [2.05, 4.69) is 20.8 Å². The van der Waals surface area contributed by atoms with Crippen LogP contribution < -0.4 is 0 Å². The summed E-state index contributed by atoms with van der Waals surface area (Å²) in [7, 11) is 0. The van der Waals surface area contributed by atoms with Crippen LogP contribution in [0.25, 0.3) is 0 Å². The highest BCUT2D eigenvalue weighted by Gasteiger charge is 2.50. The van der Waals surface area contributed by atoms with E-state index in [4.69, 9.17) is 0 Å². The van der Waals surface area contributed by atoms with Gasteiger partial charge in [-0.15, -0.1) is 0 Å². The molecule has 2 rings (SSSR count). The second-order valence-electron chi connectivity index (χ2n) is 8.14. The molecule has 2 heteroatoms. The number of ketones is 1. The number of carbonyl (C=O) groups excluding carboxylic acids is 1. The Labute approximate surface area is 142 Å². The topological polar surface area (TPSA) is 37.3 Å². The molecule has 5 unspecified atom stereocenters. The minimum Gasteiger partial charge on any atom is -0.393 e. The number of carbonyl (C=O) groups is 1. The quantitative estimate of drug-likeness (QED) is 0.727. The van der Waals surface area contributed by atoms with E-state index >= 15 is 0 Å². The summed E-state index contributed by atoms with van der Waals surface area (Å²) in [5, 5.41) is 10.5. The maximum absolute atomic E-state index is 11.9. The number of fused-ring (bicyclic) bond motifs is 1. The highest BCUT2D eigenvalue weighted by atomic mass is 16.3. The normalized spacial score (nSPS) is 41.2. The molecule has 1 N–H and O–H groups in total. The van der Waals surface area contributed by atoms with E-state index in [0.717, 1.165) is 19.3 Å². The number of allylic oxidation sites excluding steroid dienone is 2. The van der Waals surface area contributed by atoms with Crippen molar-refractivity contribution in [3.05, 3.63) is 11.6 Å². The van der Waals surface area contributed by atoms with Gasteiger partial charge in [-0.25, -0.2) is 0 Å². The number of aliphatic hydroxyl groups excluding tert-OH is 1. The van der Waals surface area contributed by atoms with Crippen molar-refractivity contribution in [2.24, 2.45) is 29.1 Å². The molecule has 0 aromatic rings. The van der Waals surface area contributed by atoms with Gasteiger partial charge >= 0.3 is 0 Å². The predicted molar refractivity (Wildman–Crippen MR) is 96.2 cm³/mol. The Balaban J connectivity index is 2.27. The van der Waals surface area contributed by atoms with Crippen LogP contribution in [0.1, 0.15) is 79.6 Å². The van der Waals surface area contributed by atoms with Gasteiger partial charge in [-0.05, 0) is 80.6 Å². The minimum absolute atomic E-state index is 0.0916. The number of aliphatic hydroxyl groups is 1. The fraction of sp³-hybridized carbons (Fsp3) is 0.857. The molecule has 0 aromatic heterocycles.